The summed E-state index contributed by atoms with van der Waals surface area (Å²) in [5, 5.41) is 15.7. The van der Waals surface area contributed by atoms with Gasteiger partial charge in [0, 0.05) is 0 Å². The lowest BCUT2D eigenvalue weighted by molar-refractivity contribution is -0.119. The van der Waals surface area contributed by atoms with Gasteiger partial charge in [-0.2, -0.15) is 0 Å². The minimum atomic E-state index is -0.674. The lowest BCUT2D eigenvalue weighted by Crippen LogP contribution is -2.22. The predicted molar refractivity (Wildman–Crippen MR) is 117 cm³/mol. The highest BCUT2D eigenvalue weighted by molar-refractivity contribution is 7.15. The van der Waals surface area contributed by atoms with Gasteiger partial charge in [0.25, 0.3) is 5.91 Å². The SMILES string of the molecule is CCOC(=O)c1c(CC(C)C)csc1NC(=O)COC(=O)c1cccc(-n2cnnn2)c1. The van der Waals surface area contributed by atoms with Crippen molar-refractivity contribution in [2.45, 2.75) is 27.2 Å². The highest BCUT2D eigenvalue weighted by Gasteiger charge is 2.22. The Kier molecular flexibility index (Phi) is 7.66. The molecule has 0 spiro atoms. The predicted octanol–water partition coefficient (Wildman–Crippen LogP) is 2.89. The van der Waals surface area contributed by atoms with Crippen LogP contribution in [0.25, 0.3) is 5.69 Å². The third-order valence-corrected chi connectivity index (χ3v) is 5.20. The van der Waals surface area contributed by atoms with Crippen molar-refractivity contribution in [1.82, 2.24) is 20.2 Å². The van der Waals surface area contributed by atoms with Crippen LogP contribution in [0.2, 0.25) is 0 Å². The Hall–Kier alpha value is -3.60. The topological polar surface area (TPSA) is 125 Å². The number of hydrogen-bond donors (Lipinski definition) is 1. The molecule has 1 amide bonds. The summed E-state index contributed by atoms with van der Waals surface area (Å²) in [4.78, 5) is 37.2. The van der Waals surface area contributed by atoms with E-state index in [1.54, 1.807) is 31.2 Å². The van der Waals surface area contributed by atoms with E-state index in [4.69, 9.17) is 9.47 Å². The molecule has 3 aromatic rings. The molecule has 1 aromatic carbocycles. The Morgan fingerprint density at radius 1 is 1.19 bits per heavy atom. The molecule has 0 aliphatic carbocycles. The smallest absolute Gasteiger partial charge is 0.341 e. The lowest BCUT2D eigenvalue weighted by atomic mass is 10.0. The first-order chi connectivity index (χ1) is 15.4. The first-order valence-electron chi connectivity index (χ1n) is 9.97. The van der Waals surface area contributed by atoms with E-state index in [1.165, 1.54) is 22.3 Å². The van der Waals surface area contributed by atoms with E-state index in [9.17, 15) is 14.4 Å². The first kappa shape index (κ1) is 23.1. The number of esters is 2. The van der Waals surface area contributed by atoms with Gasteiger partial charge >= 0.3 is 11.9 Å². The largest absolute Gasteiger partial charge is 0.462 e. The molecule has 0 radical (unpaired) electrons. The number of ether oxygens (including phenoxy) is 2. The van der Waals surface area contributed by atoms with Crippen molar-refractivity contribution in [3.05, 3.63) is 52.7 Å². The zero-order chi connectivity index (χ0) is 23.1. The van der Waals surface area contributed by atoms with Crippen LogP contribution in [0, 0.1) is 5.92 Å². The normalized spacial score (nSPS) is 10.8. The van der Waals surface area contributed by atoms with Crippen molar-refractivity contribution in [3.63, 3.8) is 0 Å². The number of hydrogen-bond acceptors (Lipinski definition) is 9. The molecule has 11 heteroatoms. The molecule has 0 aliphatic heterocycles. The van der Waals surface area contributed by atoms with E-state index in [-0.39, 0.29) is 12.2 Å². The van der Waals surface area contributed by atoms with Crippen LogP contribution in [-0.2, 0) is 20.7 Å². The van der Waals surface area contributed by atoms with Gasteiger partial charge in [0.15, 0.2) is 6.61 Å². The van der Waals surface area contributed by atoms with Crippen LogP contribution >= 0.6 is 11.3 Å². The standard InChI is InChI=1S/C21H23N5O5S/c1-4-30-21(29)18-15(8-13(2)3)11-32-19(18)23-17(27)10-31-20(28)14-6-5-7-16(9-14)26-12-22-24-25-26/h5-7,9,11-13H,4,8,10H2,1-3H3,(H,23,27). The fraction of sp³-hybridized carbons (Fsp3) is 0.333. The van der Waals surface area contributed by atoms with Crippen LogP contribution < -0.4 is 5.32 Å². The fourth-order valence-electron chi connectivity index (χ4n) is 2.93. The van der Waals surface area contributed by atoms with Gasteiger partial charge in [0.05, 0.1) is 23.4 Å². The van der Waals surface area contributed by atoms with E-state index in [0.29, 0.717) is 28.6 Å². The van der Waals surface area contributed by atoms with Gasteiger partial charge < -0.3 is 14.8 Å². The summed E-state index contributed by atoms with van der Waals surface area (Å²) in [5.74, 6) is -1.40. The van der Waals surface area contributed by atoms with Crippen molar-refractivity contribution in [3.8, 4) is 5.69 Å². The van der Waals surface area contributed by atoms with Crippen molar-refractivity contribution in [2.24, 2.45) is 5.92 Å². The highest BCUT2D eigenvalue weighted by atomic mass is 32.1. The van der Waals surface area contributed by atoms with Crippen LogP contribution in [0.1, 0.15) is 47.1 Å². The lowest BCUT2D eigenvalue weighted by Gasteiger charge is -2.10. The van der Waals surface area contributed by atoms with Crippen LogP contribution in [0.3, 0.4) is 0 Å². The fourth-order valence-corrected chi connectivity index (χ4v) is 3.91. The third-order valence-electron chi connectivity index (χ3n) is 4.26. The Morgan fingerprint density at radius 3 is 2.69 bits per heavy atom. The molecule has 1 N–H and O–H groups in total. The van der Waals surface area contributed by atoms with Crippen LogP contribution in [-0.4, -0.2) is 51.3 Å². The van der Waals surface area contributed by atoms with Gasteiger partial charge in [-0.05, 0) is 58.8 Å². The third kappa shape index (κ3) is 5.76. The number of thiophene rings is 1. The number of carbonyl (C=O) groups is 3. The molecule has 3 rings (SSSR count). The minimum absolute atomic E-state index is 0.227. The molecule has 0 aliphatic rings. The molecule has 0 unspecified atom stereocenters. The van der Waals surface area contributed by atoms with E-state index >= 15 is 0 Å². The molecule has 0 atom stereocenters. The summed E-state index contributed by atoms with van der Waals surface area (Å²) < 4.78 is 11.7. The van der Waals surface area contributed by atoms with Gasteiger partial charge in [-0.25, -0.2) is 14.3 Å². The Labute approximate surface area is 188 Å². The Bertz CT molecular complexity index is 1090. The number of nitrogens with zero attached hydrogens (tertiary/aromatic N) is 4. The number of benzene rings is 1. The average molecular weight is 458 g/mol. The van der Waals surface area contributed by atoms with Crippen LogP contribution in [0.4, 0.5) is 5.00 Å². The number of tetrazole rings is 1. The summed E-state index contributed by atoms with van der Waals surface area (Å²) in [7, 11) is 0. The zero-order valence-electron chi connectivity index (χ0n) is 17.9. The summed E-state index contributed by atoms with van der Waals surface area (Å²) in [6.45, 7) is 5.52. The quantitative estimate of drug-likeness (QED) is 0.486. The molecular formula is C21H23N5O5S. The maximum atomic E-state index is 12.4. The molecule has 2 heterocycles. The van der Waals surface area contributed by atoms with Crippen molar-refractivity contribution < 1.29 is 23.9 Å². The number of nitrogens with one attached hydrogen (secondary N) is 1. The maximum Gasteiger partial charge on any atom is 0.341 e. The van der Waals surface area contributed by atoms with Crippen molar-refractivity contribution in [1.29, 1.82) is 0 Å². The minimum Gasteiger partial charge on any atom is -0.462 e. The van der Waals surface area contributed by atoms with Crippen molar-refractivity contribution >= 4 is 34.2 Å². The van der Waals surface area contributed by atoms with E-state index < -0.39 is 24.5 Å². The molecule has 0 bridgehead atoms. The summed E-state index contributed by atoms with van der Waals surface area (Å²) in [5.41, 5.74) is 1.98. The Balaban J connectivity index is 1.65. The molecule has 168 valence electrons. The summed E-state index contributed by atoms with van der Waals surface area (Å²) >= 11 is 1.24. The average Bonchev–Trinajstić information content (AvgIpc) is 3.42. The second kappa shape index (κ2) is 10.6. The monoisotopic (exact) mass is 457 g/mol. The molecule has 0 fully saturated rings. The van der Waals surface area contributed by atoms with Crippen LogP contribution in [0.5, 0.6) is 0 Å². The Morgan fingerprint density at radius 2 is 2.00 bits per heavy atom. The molecular weight excluding hydrogens is 434 g/mol. The number of aromatic nitrogens is 4. The second-order valence-corrected chi connectivity index (χ2v) is 8.09. The first-order valence-corrected chi connectivity index (χ1v) is 10.8. The van der Waals surface area contributed by atoms with Gasteiger partial charge in [-0.3, -0.25) is 4.79 Å². The van der Waals surface area contributed by atoms with E-state index in [0.717, 1.165) is 5.56 Å². The molecule has 0 saturated carbocycles. The van der Waals surface area contributed by atoms with Gasteiger partial charge in [0.1, 0.15) is 11.3 Å². The second-order valence-electron chi connectivity index (χ2n) is 7.21. The zero-order valence-corrected chi connectivity index (χ0v) is 18.7. The van der Waals surface area contributed by atoms with Gasteiger partial charge in [0.2, 0.25) is 0 Å². The molecule has 2 aromatic heterocycles. The molecule has 0 saturated heterocycles. The van der Waals surface area contributed by atoms with Crippen LogP contribution in [0.15, 0.2) is 36.0 Å². The maximum absolute atomic E-state index is 12.4. The van der Waals surface area contributed by atoms with Crippen molar-refractivity contribution in [2.75, 3.05) is 18.5 Å². The number of anilines is 1. The van der Waals surface area contributed by atoms with Gasteiger partial charge in [-0.1, -0.05) is 19.9 Å². The molecule has 32 heavy (non-hydrogen) atoms. The highest BCUT2D eigenvalue weighted by Crippen LogP contribution is 2.31. The van der Waals surface area contributed by atoms with Gasteiger partial charge in [-0.15, -0.1) is 16.4 Å². The number of rotatable bonds is 9. The summed E-state index contributed by atoms with van der Waals surface area (Å²) in [6, 6.07) is 6.49. The number of carbonyl (C=O) groups excluding carboxylic acids is 3. The number of amides is 1. The van der Waals surface area contributed by atoms with E-state index in [2.05, 4.69) is 20.8 Å². The van der Waals surface area contributed by atoms with E-state index in [1.807, 2.05) is 19.2 Å². The molecule has 10 nitrogen and oxygen atoms in total. The summed E-state index contributed by atoms with van der Waals surface area (Å²) in [6.07, 6.45) is 2.07.